The van der Waals surface area contributed by atoms with E-state index in [0.29, 0.717) is 17.9 Å². The number of nitriles is 1. The summed E-state index contributed by atoms with van der Waals surface area (Å²) in [7, 11) is 1.49. The van der Waals surface area contributed by atoms with E-state index < -0.39 is 12.1 Å². The maximum atomic E-state index is 11.8. The molecule has 5 heteroatoms. The first kappa shape index (κ1) is 12.8. The highest BCUT2D eigenvalue weighted by Gasteiger charge is 2.16. The molecule has 0 heterocycles. The predicted octanol–water partition coefficient (Wildman–Crippen LogP) is 1.74. The molecule has 90 valence electrons. The van der Waals surface area contributed by atoms with Gasteiger partial charge in [0, 0.05) is 5.69 Å². The Morgan fingerprint density at radius 2 is 2.29 bits per heavy atom. The summed E-state index contributed by atoms with van der Waals surface area (Å²) < 4.78 is 9.97. The van der Waals surface area contributed by atoms with Crippen LogP contribution in [0.2, 0.25) is 0 Å². The minimum absolute atomic E-state index is 0.207. The largest absolute Gasteiger partial charge is 0.497 e. The Bertz CT molecular complexity index is 452. The first-order chi connectivity index (χ1) is 8.12. The zero-order chi connectivity index (χ0) is 12.8. The molecule has 0 aliphatic carbocycles. The zero-order valence-corrected chi connectivity index (χ0v) is 9.77. The molecular weight excluding hydrogens is 220 g/mol. The van der Waals surface area contributed by atoms with Gasteiger partial charge in [0.25, 0.3) is 0 Å². The third kappa shape index (κ3) is 3.11. The van der Waals surface area contributed by atoms with E-state index in [1.165, 1.54) is 13.2 Å². The van der Waals surface area contributed by atoms with Crippen LogP contribution in [0.25, 0.3) is 0 Å². The van der Waals surface area contributed by atoms with Crippen LogP contribution < -0.4 is 10.5 Å². The smallest absolute Gasteiger partial charge is 0.341 e. The summed E-state index contributed by atoms with van der Waals surface area (Å²) in [4.78, 5) is 11.8. The quantitative estimate of drug-likeness (QED) is 0.633. The Morgan fingerprint density at radius 1 is 1.59 bits per heavy atom. The second-order valence-electron chi connectivity index (χ2n) is 3.38. The van der Waals surface area contributed by atoms with Gasteiger partial charge >= 0.3 is 5.97 Å². The van der Waals surface area contributed by atoms with Crippen LogP contribution in [0.3, 0.4) is 0 Å². The second-order valence-corrected chi connectivity index (χ2v) is 3.38. The van der Waals surface area contributed by atoms with Crippen molar-refractivity contribution in [3.05, 3.63) is 23.8 Å². The van der Waals surface area contributed by atoms with Gasteiger partial charge in [-0.3, -0.25) is 0 Å². The first-order valence-electron chi connectivity index (χ1n) is 5.16. The number of hydrogen-bond donors (Lipinski definition) is 1. The van der Waals surface area contributed by atoms with Crippen LogP contribution in [-0.4, -0.2) is 19.2 Å². The van der Waals surface area contributed by atoms with Gasteiger partial charge in [0.2, 0.25) is 0 Å². The fraction of sp³-hybridized carbons (Fsp3) is 0.333. The molecule has 0 bridgehead atoms. The number of hydrogen-bond acceptors (Lipinski definition) is 5. The van der Waals surface area contributed by atoms with Crippen LogP contribution in [0.4, 0.5) is 5.69 Å². The molecule has 1 atom stereocenters. The lowest BCUT2D eigenvalue weighted by molar-refractivity contribution is 0.0402. The highest BCUT2D eigenvalue weighted by atomic mass is 16.5. The number of methoxy groups -OCH3 is 1. The summed E-state index contributed by atoms with van der Waals surface area (Å²) in [5.41, 5.74) is 6.17. The Morgan fingerprint density at radius 3 is 2.82 bits per heavy atom. The van der Waals surface area contributed by atoms with E-state index in [0.717, 1.165) is 0 Å². The van der Waals surface area contributed by atoms with Crippen molar-refractivity contribution in [3.8, 4) is 11.8 Å². The summed E-state index contributed by atoms with van der Waals surface area (Å²) in [6, 6.07) is 6.58. The summed E-state index contributed by atoms with van der Waals surface area (Å²) in [6.45, 7) is 1.76. The molecule has 0 aromatic heterocycles. The highest BCUT2D eigenvalue weighted by molar-refractivity contribution is 5.95. The van der Waals surface area contributed by atoms with E-state index in [9.17, 15) is 4.79 Å². The topological polar surface area (TPSA) is 85.3 Å². The molecule has 2 N–H and O–H groups in total. The number of nitrogens with zero attached hydrogens (tertiary/aromatic N) is 1. The summed E-state index contributed by atoms with van der Waals surface area (Å²) in [6.07, 6.45) is -0.320. The molecule has 0 fully saturated rings. The molecule has 0 spiro atoms. The lowest BCUT2D eigenvalue weighted by Gasteiger charge is -2.11. The van der Waals surface area contributed by atoms with Crippen molar-refractivity contribution < 1.29 is 14.3 Å². The Kier molecular flexibility index (Phi) is 4.35. The lowest BCUT2D eigenvalue weighted by atomic mass is 10.1. The first-order valence-corrected chi connectivity index (χ1v) is 5.16. The molecule has 0 aliphatic rings. The van der Waals surface area contributed by atoms with Crippen LogP contribution >= 0.6 is 0 Å². The molecule has 1 aromatic carbocycles. The van der Waals surface area contributed by atoms with Crippen LogP contribution in [0.5, 0.6) is 5.75 Å². The van der Waals surface area contributed by atoms with Crippen molar-refractivity contribution >= 4 is 11.7 Å². The number of nitrogen functional groups attached to an aromatic ring is 1. The van der Waals surface area contributed by atoms with Crippen LogP contribution in [0.1, 0.15) is 23.7 Å². The molecule has 0 aliphatic heterocycles. The fourth-order valence-corrected chi connectivity index (χ4v) is 1.23. The molecule has 1 unspecified atom stereocenters. The molecule has 0 saturated carbocycles. The lowest BCUT2D eigenvalue weighted by Crippen LogP contribution is -2.16. The number of anilines is 1. The number of carbonyl (C=O) groups excluding carboxylic acids is 1. The number of ether oxygens (including phenoxy) is 2. The van der Waals surface area contributed by atoms with Crippen molar-refractivity contribution in [2.45, 2.75) is 19.4 Å². The molecule has 0 saturated heterocycles. The van der Waals surface area contributed by atoms with E-state index in [1.807, 2.05) is 6.07 Å². The predicted molar refractivity (Wildman–Crippen MR) is 62.5 cm³/mol. The average molecular weight is 234 g/mol. The van der Waals surface area contributed by atoms with Crippen LogP contribution in [0, 0.1) is 11.3 Å². The van der Waals surface area contributed by atoms with E-state index in [-0.39, 0.29) is 5.56 Å². The van der Waals surface area contributed by atoms with E-state index >= 15 is 0 Å². The van der Waals surface area contributed by atoms with Gasteiger partial charge in [-0.25, -0.2) is 4.79 Å². The number of benzene rings is 1. The minimum atomic E-state index is -0.756. The van der Waals surface area contributed by atoms with E-state index in [4.69, 9.17) is 20.5 Å². The van der Waals surface area contributed by atoms with Gasteiger partial charge in [-0.2, -0.15) is 5.26 Å². The molecule has 1 rings (SSSR count). The van der Waals surface area contributed by atoms with Gasteiger partial charge in [0.15, 0.2) is 6.10 Å². The zero-order valence-electron chi connectivity index (χ0n) is 9.77. The van der Waals surface area contributed by atoms with Gasteiger partial charge in [0.05, 0.1) is 12.7 Å². The van der Waals surface area contributed by atoms with Crippen LogP contribution in [0.15, 0.2) is 18.2 Å². The van der Waals surface area contributed by atoms with Gasteiger partial charge in [-0.1, -0.05) is 6.92 Å². The maximum absolute atomic E-state index is 11.8. The number of nitrogens with two attached hydrogens (primary N) is 1. The highest BCUT2D eigenvalue weighted by Crippen LogP contribution is 2.20. The van der Waals surface area contributed by atoms with Crippen LogP contribution in [-0.2, 0) is 4.74 Å². The fourth-order valence-electron chi connectivity index (χ4n) is 1.23. The van der Waals surface area contributed by atoms with Crippen molar-refractivity contribution in [3.63, 3.8) is 0 Å². The standard InChI is InChI=1S/C12H14N2O3/c1-3-8(7-13)17-12(15)10-6-9(16-2)4-5-11(10)14/h4-6,8H,3,14H2,1-2H3. The molecular formula is C12H14N2O3. The Labute approximate surface area is 99.7 Å². The van der Waals surface area contributed by atoms with Gasteiger partial charge < -0.3 is 15.2 Å². The number of esters is 1. The molecule has 17 heavy (non-hydrogen) atoms. The maximum Gasteiger partial charge on any atom is 0.341 e. The van der Waals surface area contributed by atoms with Crippen molar-refractivity contribution in [1.29, 1.82) is 5.26 Å². The summed E-state index contributed by atoms with van der Waals surface area (Å²) in [5.74, 6) is -0.106. The number of carbonyl (C=O) groups is 1. The number of rotatable bonds is 4. The van der Waals surface area contributed by atoms with Crippen molar-refractivity contribution in [1.82, 2.24) is 0 Å². The van der Waals surface area contributed by atoms with Gasteiger partial charge in [0.1, 0.15) is 11.8 Å². The van der Waals surface area contributed by atoms with E-state index in [1.54, 1.807) is 19.1 Å². The summed E-state index contributed by atoms with van der Waals surface area (Å²) >= 11 is 0. The minimum Gasteiger partial charge on any atom is -0.497 e. The summed E-state index contributed by atoms with van der Waals surface area (Å²) in [5, 5.41) is 8.71. The third-order valence-corrected chi connectivity index (χ3v) is 2.24. The Balaban J connectivity index is 2.92. The average Bonchev–Trinajstić information content (AvgIpc) is 2.36. The van der Waals surface area contributed by atoms with Gasteiger partial charge in [-0.15, -0.1) is 0 Å². The van der Waals surface area contributed by atoms with Crippen molar-refractivity contribution in [2.24, 2.45) is 0 Å². The molecule has 0 radical (unpaired) electrons. The molecule has 0 amide bonds. The normalized spacial score (nSPS) is 11.4. The van der Waals surface area contributed by atoms with Crippen molar-refractivity contribution in [2.75, 3.05) is 12.8 Å². The van der Waals surface area contributed by atoms with E-state index in [2.05, 4.69) is 0 Å². The molecule has 1 aromatic rings. The second kappa shape index (κ2) is 5.75. The third-order valence-electron chi connectivity index (χ3n) is 2.24. The molecule has 5 nitrogen and oxygen atoms in total. The Hall–Kier alpha value is -2.22. The SMILES string of the molecule is CCC(C#N)OC(=O)c1cc(OC)ccc1N. The van der Waals surface area contributed by atoms with Gasteiger partial charge in [-0.05, 0) is 24.6 Å². The monoisotopic (exact) mass is 234 g/mol.